The van der Waals surface area contributed by atoms with Gasteiger partial charge in [-0.05, 0) is 41.7 Å². The quantitative estimate of drug-likeness (QED) is 0.498. The molecule has 2 aromatic rings. The summed E-state index contributed by atoms with van der Waals surface area (Å²) in [5.41, 5.74) is 15.5. The van der Waals surface area contributed by atoms with Crippen molar-refractivity contribution in [2.75, 3.05) is 0 Å². The van der Waals surface area contributed by atoms with Gasteiger partial charge >= 0.3 is 7.12 Å². The normalized spacial score (nSPS) is 15.7. The van der Waals surface area contributed by atoms with Gasteiger partial charge in [-0.3, -0.25) is 9.59 Å². The number of carbonyl (C=O) groups excluding carboxylic acids is 2. The standard InChI is InChI=1S/C21H25BN2O4/c1-13(25)20-4-2-3-17-9-18(22(27)28-21(17)20)10-19(26)8-14-5-15(11-23)7-16(6-14)12-24/h2-7,18,27H,8-12,23-24H2,1H3/t18-/m1/s1. The van der Waals surface area contributed by atoms with E-state index in [1.165, 1.54) is 6.92 Å². The van der Waals surface area contributed by atoms with Gasteiger partial charge in [-0.15, -0.1) is 0 Å². The molecule has 6 nitrogen and oxygen atoms in total. The van der Waals surface area contributed by atoms with E-state index in [0.29, 0.717) is 30.8 Å². The van der Waals surface area contributed by atoms with E-state index in [1.807, 2.05) is 24.3 Å². The maximum atomic E-state index is 12.6. The molecule has 0 unspecified atom stereocenters. The second kappa shape index (κ2) is 8.69. The number of fused-ring (bicyclic) bond motifs is 1. The van der Waals surface area contributed by atoms with Gasteiger partial charge in [0, 0.05) is 31.7 Å². The van der Waals surface area contributed by atoms with Crippen LogP contribution in [0.3, 0.4) is 0 Å². The van der Waals surface area contributed by atoms with E-state index in [0.717, 1.165) is 22.3 Å². The Kier molecular flexibility index (Phi) is 6.29. The highest BCUT2D eigenvalue weighted by Gasteiger charge is 2.37. The maximum Gasteiger partial charge on any atom is 0.526 e. The summed E-state index contributed by atoms with van der Waals surface area (Å²) in [6.07, 6.45) is 0.931. The van der Waals surface area contributed by atoms with Crippen molar-refractivity contribution >= 4 is 18.7 Å². The third-order valence-corrected chi connectivity index (χ3v) is 5.07. The number of para-hydroxylation sites is 1. The summed E-state index contributed by atoms with van der Waals surface area (Å²) in [5.74, 6) is -0.0339. The number of hydrogen-bond donors (Lipinski definition) is 3. The minimum Gasteiger partial charge on any atom is -0.535 e. The number of hydrogen-bond acceptors (Lipinski definition) is 6. The van der Waals surface area contributed by atoms with Crippen LogP contribution < -0.4 is 16.1 Å². The van der Waals surface area contributed by atoms with E-state index in [2.05, 4.69) is 0 Å². The predicted octanol–water partition coefficient (Wildman–Crippen LogP) is 1.79. The fourth-order valence-corrected chi connectivity index (χ4v) is 3.70. The van der Waals surface area contributed by atoms with Crippen molar-refractivity contribution < 1.29 is 19.3 Å². The van der Waals surface area contributed by atoms with Gasteiger partial charge in [-0.2, -0.15) is 0 Å². The molecule has 1 aliphatic heterocycles. The van der Waals surface area contributed by atoms with Crippen LogP contribution in [-0.2, 0) is 30.7 Å². The number of rotatable bonds is 7. The lowest BCUT2D eigenvalue weighted by Gasteiger charge is -2.28. The Morgan fingerprint density at radius 3 is 2.39 bits per heavy atom. The van der Waals surface area contributed by atoms with Crippen molar-refractivity contribution in [1.29, 1.82) is 0 Å². The molecule has 7 heteroatoms. The third-order valence-electron chi connectivity index (χ3n) is 5.07. The highest BCUT2D eigenvalue weighted by atomic mass is 16.5. The van der Waals surface area contributed by atoms with Crippen LogP contribution in [0.2, 0.25) is 5.82 Å². The van der Waals surface area contributed by atoms with Crippen LogP contribution in [0.1, 0.15) is 46.0 Å². The first-order valence-corrected chi connectivity index (χ1v) is 9.42. The molecular weight excluding hydrogens is 355 g/mol. The molecule has 0 fully saturated rings. The first-order valence-electron chi connectivity index (χ1n) is 9.42. The van der Waals surface area contributed by atoms with Gasteiger partial charge < -0.3 is 21.1 Å². The summed E-state index contributed by atoms with van der Waals surface area (Å²) in [6.45, 7) is 2.24. The Morgan fingerprint density at radius 2 is 1.79 bits per heavy atom. The summed E-state index contributed by atoms with van der Waals surface area (Å²) in [7, 11) is -1.12. The molecule has 5 N–H and O–H groups in total. The first-order chi connectivity index (χ1) is 13.4. The summed E-state index contributed by atoms with van der Waals surface area (Å²) in [6, 6.07) is 11.1. The lowest BCUT2D eigenvalue weighted by molar-refractivity contribution is -0.118. The van der Waals surface area contributed by atoms with Crippen molar-refractivity contribution in [2.24, 2.45) is 11.5 Å². The monoisotopic (exact) mass is 380 g/mol. The highest BCUT2D eigenvalue weighted by molar-refractivity contribution is 6.47. The topological polar surface area (TPSA) is 116 Å². The van der Waals surface area contributed by atoms with Gasteiger partial charge in [0.15, 0.2) is 5.78 Å². The minimum atomic E-state index is -1.12. The predicted molar refractivity (Wildman–Crippen MR) is 108 cm³/mol. The van der Waals surface area contributed by atoms with Crippen LogP contribution in [0.15, 0.2) is 36.4 Å². The Labute approximate surface area is 165 Å². The number of Topliss-reactive ketones (excluding diaryl/α,β-unsaturated/α-hetero) is 2. The van der Waals surface area contributed by atoms with Gasteiger partial charge in [-0.25, -0.2) is 0 Å². The molecule has 2 aromatic carbocycles. The van der Waals surface area contributed by atoms with Crippen LogP contribution in [0, 0.1) is 0 Å². The van der Waals surface area contributed by atoms with Crippen LogP contribution >= 0.6 is 0 Å². The number of benzene rings is 2. The van der Waals surface area contributed by atoms with Crippen LogP contribution in [0.25, 0.3) is 0 Å². The molecular formula is C21H25BN2O4. The minimum absolute atomic E-state index is 0.0102. The first kappa shape index (κ1) is 20.3. The average molecular weight is 380 g/mol. The molecule has 0 aromatic heterocycles. The lowest BCUT2D eigenvalue weighted by atomic mass is 9.64. The zero-order valence-electron chi connectivity index (χ0n) is 16.0. The molecule has 28 heavy (non-hydrogen) atoms. The van der Waals surface area contributed by atoms with Crippen molar-refractivity contribution in [2.45, 2.75) is 45.1 Å². The second-order valence-corrected chi connectivity index (χ2v) is 7.31. The Morgan fingerprint density at radius 1 is 1.14 bits per heavy atom. The van der Waals surface area contributed by atoms with Crippen molar-refractivity contribution in [3.05, 3.63) is 64.2 Å². The van der Waals surface area contributed by atoms with E-state index in [-0.39, 0.29) is 30.2 Å². The van der Waals surface area contributed by atoms with Gasteiger partial charge in [0.1, 0.15) is 11.5 Å². The maximum absolute atomic E-state index is 12.6. The summed E-state index contributed by atoms with van der Waals surface area (Å²) in [4.78, 5) is 24.4. The molecule has 0 aliphatic carbocycles. The number of carbonyl (C=O) groups is 2. The molecule has 0 saturated heterocycles. The van der Waals surface area contributed by atoms with Crippen LogP contribution in [0.4, 0.5) is 0 Å². The largest absolute Gasteiger partial charge is 0.535 e. The van der Waals surface area contributed by atoms with Gasteiger partial charge in [-0.1, -0.05) is 30.3 Å². The molecule has 1 atom stereocenters. The lowest BCUT2D eigenvalue weighted by Crippen LogP contribution is -2.36. The molecule has 0 saturated carbocycles. The summed E-state index contributed by atoms with van der Waals surface area (Å²) >= 11 is 0. The third kappa shape index (κ3) is 4.50. The van der Waals surface area contributed by atoms with E-state index in [9.17, 15) is 14.6 Å². The number of ketones is 2. The summed E-state index contributed by atoms with van der Waals surface area (Å²) < 4.78 is 5.61. The molecule has 0 bridgehead atoms. The molecule has 1 aliphatic rings. The Hall–Kier alpha value is -2.48. The SMILES string of the molecule is CC(=O)c1cccc2c1OB(O)[C@@H](CC(=O)Cc1cc(CN)cc(CN)c1)C2. The van der Waals surface area contributed by atoms with E-state index < -0.39 is 7.12 Å². The van der Waals surface area contributed by atoms with Gasteiger partial charge in [0.25, 0.3) is 0 Å². The van der Waals surface area contributed by atoms with E-state index in [4.69, 9.17) is 16.1 Å². The van der Waals surface area contributed by atoms with E-state index in [1.54, 1.807) is 12.1 Å². The average Bonchev–Trinajstić information content (AvgIpc) is 2.67. The molecule has 0 radical (unpaired) electrons. The van der Waals surface area contributed by atoms with Crippen molar-refractivity contribution in [3.63, 3.8) is 0 Å². The summed E-state index contributed by atoms with van der Waals surface area (Å²) in [5, 5.41) is 10.4. The fraction of sp³-hybridized carbons (Fsp3) is 0.333. The van der Waals surface area contributed by atoms with Crippen molar-refractivity contribution in [1.82, 2.24) is 0 Å². The highest BCUT2D eigenvalue weighted by Crippen LogP contribution is 2.36. The zero-order valence-corrected chi connectivity index (χ0v) is 16.0. The van der Waals surface area contributed by atoms with Crippen molar-refractivity contribution in [3.8, 4) is 5.75 Å². The Balaban J connectivity index is 1.71. The second-order valence-electron chi connectivity index (χ2n) is 7.31. The Bertz CT molecular complexity index is 878. The van der Waals surface area contributed by atoms with Crippen LogP contribution in [0.5, 0.6) is 5.75 Å². The van der Waals surface area contributed by atoms with Crippen LogP contribution in [-0.4, -0.2) is 23.7 Å². The zero-order chi connectivity index (χ0) is 20.3. The molecule has 0 amide bonds. The fourth-order valence-electron chi connectivity index (χ4n) is 3.70. The molecule has 0 spiro atoms. The molecule has 146 valence electrons. The van der Waals surface area contributed by atoms with Gasteiger partial charge in [0.05, 0.1) is 5.56 Å². The van der Waals surface area contributed by atoms with E-state index >= 15 is 0 Å². The van der Waals surface area contributed by atoms with Gasteiger partial charge in [0.2, 0.25) is 0 Å². The molecule has 1 heterocycles. The number of nitrogens with two attached hydrogens (primary N) is 2. The smallest absolute Gasteiger partial charge is 0.526 e. The molecule has 3 rings (SSSR count).